The fourth-order valence-corrected chi connectivity index (χ4v) is 2.20. The van der Waals surface area contributed by atoms with Gasteiger partial charge in [0.15, 0.2) is 0 Å². The molecule has 4 N–H and O–H groups in total. The molecule has 0 aliphatic heterocycles. The molecule has 18 heavy (non-hydrogen) atoms. The van der Waals surface area contributed by atoms with Crippen LogP contribution in [0.25, 0.3) is 0 Å². The second-order valence-corrected chi connectivity index (χ2v) is 5.10. The lowest BCUT2D eigenvalue weighted by molar-refractivity contribution is -0.118. The van der Waals surface area contributed by atoms with Crippen LogP contribution in [0.2, 0.25) is 0 Å². The number of nitrogens with one attached hydrogen (secondary N) is 1. The van der Waals surface area contributed by atoms with Gasteiger partial charge in [0.2, 0.25) is 5.91 Å². The van der Waals surface area contributed by atoms with Crippen LogP contribution < -0.4 is 11.1 Å². The SMILES string of the molecule is CCC(NCCCC(N)=O)c1cc(Br)ccc1O. The van der Waals surface area contributed by atoms with Crippen molar-refractivity contribution in [1.29, 1.82) is 0 Å². The summed E-state index contributed by atoms with van der Waals surface area (Å²) in [5.41, 5.74) is 5.95. The number of hydrogen-bond donors (Lipinski definition) is 3. The number of amides is 1. The molecule has 0 aliphatic carbocycles. The number of hydrogen-bond acceptors (Lipinski definition) is 3. The fourth-order valence-electron chi connectivity index (χ4n) is 1.82. The van der Waals surface area contributed by atoms with Crippen molar-refractivity contribution in [2.45, 2.75) is 32.2 Å². The lowest BCUT2D eigenvalue weighted by Gasteiger charge is -2.18. The average molecular weight is 315 g/mol. The Balaban J connectivity index is 2.59. The van der Waals surface area contributed by atoms with Gasteiger partial charge in [-0.15, -0.1) is 0 Å². The summed E-state index contributed by atoms with van der Waals surface area (Å²) in [5, 5.41) is 13.2. The van der Waals surface area contributed by atoms with Crippen LogP contribution in [0.5, 0.6) is 5.75 Å². The molecule has 0 heterocycles. The van der Waals surface area contributed by atoms with E-state index in [-0.39, 0.29) is 17.7 Å². The molecule has 0 bridgehead atoms. The zero-order valence-corrected chi connectivity index (χ0v) is 12.0. The monoisotopic (exact) mass is 314 g/mol. The third-order valence-corrected chi connectivity index (χ3v) is 3.26. The van der Waals surface area contributed by atoms with Gasteiger partial charge in [-0.2, -0.15) is 0 Å². The van der Waals surface area contributed by atoms with Gasteiger partial charge in [0.25, 0.3) is 0 Å². The van der Waals surface area contributed by atoms with Gasteiger partial charge in [-0.05, 0) is 37.6 Å². The van der Waals surface area contributed by atoms with Crippen molar-refractivity contribution in [3.63, 3.8) is 0 Å². The number of nitrogens with two attached hydrogens (primary N) is 1. The number of benzene rings is 1. The van der Waals surface area contributed by atoms with Crippen LogP contribution >= 0.6 is 15.9 Å². The maximum Gasteiger partial charge on any atom is 0.217 e. The Morgan fingerprint density at radius 2 is 2.28 bits per heavy atom. The van der Waals surface area contributed by atoms with E-state index in [4.69, 9.17) is 5.73 Å². The summed E-state index contributed by atoms with van der Waals surface area (Å²) >= 11 is 3.39. The summed E-state index contributed by atoms with van der Waals surface area (Å²) in [7, 11) is 0. The summed E-state index contributed by atoms with van der Waals surface area (Å²) in [5.74, 6) is 0.00241. The highest BCUT2D eigenvalue weighted by Crippen LogP contribution is 2.29. The molecule has 100 valence electrons. The van der Waals surface area contributed by atoms with Crippen molar-refractivity contribution in [2.24, 2.45) is 5.73 Å². The standard InChI is InChI=1S/C13H19BrN2O2/c1-2-11(16-7-3-4-13(15)18)10-8-9(14)5-6-12(10)17/h5-6,8,11,16-17H,2-4,7H2,1H3,(H2,15,18). The topological polar surface area (TPSA) is 75.3 Å². The first-order chi connectivity index (χ1) is 8.54. The van der Waals surface area contributed by atoms with E-state index in [9.17, 15) is 9.90 Å². The first-order valence-corrected chi connectivity index (χ1v) is 6.84. The number of carbonyl (C=O) groups excluding carboxylic acids is 1. The van der Waals surface area contributed by atoms with Crippen LogP contribution in [0.15, 0.2) is 22.7 Å². The molecule has 0 saturated heterocycles. The van der Waals surface area contributed by atoms with E-state index in [2.05, 4.69) is 21.2 Å². The Labute approximate surface area is 116 Å². The minimum absolute atomic E-state index is 0.0791. The maximum atomic E-state index is 10.6. The number of rotatable bonds is 7. The largest absolute Gasteiger partial charge is 0.508 e. The molecule has 0 fully saturated rings. The Bertz CT molecular complexity index is 410. The first-order valence-electron chi connectivity index (χ1n) is 6.04. The van der Waals surface area contributed by atoms with Crippen molar-refractivity contribution < 1.29 is 9.90 Å². The first kappa shape index (κ1) is 15.0. The number of phenols is 1. The zero-order valence-electron chi connectivity index (χ0n) is 10.4. The van der Waals surface area contributed by atoms with Crippen LogP contribution in [0, 0.1) is 0 Å². The molecule has 0 spiro atoms. The number of carbonyl (C=O) groups is 1. The van der Waals surface area contributed by atoms with Gasteiger partial charge in [-0.3, -0.25) is 4.79 Å². The van der Waals surface area contributed by atoms with E-state index >= 15 is 0 Å². The van der Waals surface area contributed by atoms with E-state index in [0.717, 1.165) is 16.5 Å². The Hall–Kier alpha value is -1.07. The Kier molecular flexibility index (Phi) is 6.15. The molecule has 0 radical (unpaired) electrons. The fraction of sp³-hybridized carbons (Fsp3) is 0.462. The second-order valence-electron chi connectivity index (χ2n) is 4.19. The molecule has 0 aliphatic rings. The maximum absolute atomic E-state index is 10.6. The Morgan fingerprint density at radius 1 is 1.56 bits per heavy atom. The van der Waals surface area contributed by atoms with Crippen molar-refractivity contribution >= 4 is 21.8 Å². The van der Waals surface area contributed by atoms with Gasteiger partial charge >= 0.3 is 0 Å². The minimum Gasteiger partial charge on any atom is -0.508 e. The van der Waals surface area contributed by atoms with E-state index in [1.807, 2.05) is 13.0 Å². The number of aromatic hydroxyl groups is 1. The minimum atomic E-state index is -0.282. The van der Waals surface area contributed by atoms with Crippen molar-refractivity contribution in [3.8, 4) is 5.75 Å². The summed E-state index contributed by atoms with van der Waals surface area (Å²) in [4.78, 5) is 10.6. The normalized spacial score (nSPS) is 12.3. The highest BCUT2D eigenvalue weighted by molar-refractivity contribution is 9.10. The Morgan fingerprint density at radius 3 is 2.89 bits per heavy atom. The highest BCUT2D eigenvalue weighted by Gasteiger charge is 2.13. The van der Waals surface area contributed by atoms with Crippen molar-refractivity contribution in [2.75, 3.05) is 6.54 Å². The third kappa shape index (κ3) is 4.66. The van der Waals surface area contributed by atoms with E-state index in [1.165, 1.54) is 0 Å². The number of halogens is 1. The smallest absolute Gasteiger partial charge is 0.217 e. The molecular weight excluding hydrogens is 296 g/mol. The summed E-state index contributed by atoms with van der Waals surface area (Å²) in [6, 6.07) is 5.46. The second kappa shape index (κ2) is 7.38. The van der Waals surface area contributed by atoms with Gasteiger partial charge < -0.3 is 16.2 Å². The van der Waals surface area contributed by atoms with Crippen LogP contribution in [-0.2, 0) is 4.79 Å². The van der Waals surface area contributed by atoms with Crippen molar-refractivity contribution in [1.82, 2.24) is 5.32 Å². The van der Waals surface area contributed by atoms with Crippen LogP contribution in [-0.4, -0.2) is 17.6 Å². The molecule has 1 atom stereocenters. The molecule has 1 aromatic rings. The predicted molar refractivity (Wildman–Crippen MR) is 75.3 cm³/mol. The van der Waals surface area contributed by atoms with Crippen LogP contribution in [0.4, 0.5) is 0 Å². The highest BCUT2D eigenvalue weighted by atomic mass is 79.9. The number of primary amides is 1. The molecule has 4 nitrogen and oxygen atoms in total. The van der Waals surface area contributed by atoms with E-state index in [1.54, 1.807) is 12.1 Å². The third-order valence-electron chi connectivity index (χ3n) is 2.76. The molecule has 0 saturated carbocycles. The molecule has 5 heteroatoms. The van der Waals surface area contributed by atoms with E-state index in [0.29, 0.717) is 19.4 Å². The summed E-state index contributed by atoms with van der Waals surface area (Å²) in [6.07, 6.45) is 1.95. The summed E-state index contributed by atoms with van der Waals surface area (Å²) in [6.45, 7) is 2.75. The van der Waals surface area contributed by atoms with Crippen LogP contribution in [0.3, 0.4) is 0 Å². The van der Waals surface area contributed by atoms with Crippen molar-refractivity contribution in [3.05, 3.63) is 28.2 Å². The molecule has 1 amide bonds. The quantitative estimate of drug-likeness (QED) is 0.677. The van der Waals surface area contributed by atoms with Gasteiger partial charge in [0, 0.05) is 22.5 Å². The van der Waals surface area contributed by atoms with E-state index < -0.39 is 0 Å². The molecule has 1 unspecified atom stereocenters. The molecule has 1 rings (SSSR count). The lowest BCUT2D eigenvalue weighted by Crippen LogP contribution is -2.23. The molecule has 1 aromatic carbocycles. The van der Waals surface area contributed by atoms with Gasteiger partial charge in [0.1, 0.15) is 5.75 Å². The lowest BCUT2D eigenvalue weighted by atomic mass is 10.0. The zero-order chi connectivity index (χ0) is 13.5. The number of phenolic OH excluding ortho intramolecular Hbond substituents is 1. The predicted octanol–water partition coefficient (Wildman–Crippen LogP) is 2.46. The molecular formula is C13H19BrN2O2. The van der Waals surface area contributed by atoms with Gasteiger partial charge in [-0.1, -0.05) is 22.9 Å². The molecule has 0 aromatic heterocycles. The summed E-state index contributed by atoms with van der Waals surface area (Å²) < 4.78 is 0.938. The van der Waals surface area contributed by atoms with Gasteiger partial charge in [-0.25, -0.2) is 0 Å². The van der Waals surface area contributed by atoms with Gasteiger partial charge in [0.05, 0.1) is 0 Å². The van der Waals surface area contributed by atoms with Crippen LogP contribution in [0.1, 0.15) is 37.8 Å². The average Bonchev–Trinajstić information content (AvgIpc) is 2.33.